The molecular weight excluding hydrogens is 442 g/mol. The van der Waals surface area contributed by atoms with Crippen molar-refractivity contribution in [1.29, 1.82) is 5.26 Å². The van der Waals surface area contributed by atoms with E-state index in [-0.39, 0.29) is 18.7 Å². The minimum absolute atomic E-state index is 0.218. The zero-order chi connectivity index (χ0) is 23.5. The second-order valence-electron chi connectivity index (χ2n) is 7.56. The molecule has 0 amide bonds. The van der Waals surface area contributed by atoms with Crippen molar-refractivity contribution in [2.75, 3.05) is 12.4 Å². The summed E-state index contributed by atoms with van der Waals surface area (Å²) in [5.74, 6) is 0.939. The molecule has 33 heavy (non-hydrogen) atoms. The lowest BCUT2D eigenvalue weighted by Crippen LogP contribution is -2.15. The number of nitrogens with one attached hydrogen (secondary N) is 2. The SMILES string of the molecule is COc1cc(NCc2cc3cc(Cl)c(OCc4cc(C)n(C)n4)cc3[nH]c2=O)ccc1C#N. The van der Waals surface area contributed by atoms with Gasteiger partial charge in [0.05, 0.1) is 23.2 Å². The highest BCUT2D eigenvalue weighted by Crippen LogP contribution is 2.30. The molecule has 2 aromatic heterocycles. The summed E-state index contributed by atoms with van der Waals surface area (Å²) in [7, 11) is 3.38. The van der Waals surface area contributed by atoms with Gasteiger partial charge in [0.25, 0.3) is 5.56 Å². The van der Waals surface area contributed by atoms with Crippen LogP contribution in [-0.2, 0) is 20.2 Å². The summed E-state index contributed by atoms with van der Waals surface area (Å²) in [4.78, 5) is 15.5. The van der Waals surface area contributed by atoms with Crippen LogP contribution in [0.4, 0.5) is 5.69 Å². The predicted octanol–water partition coefficient (Wildman–Crippen LogP) is 4.29. The molecule has 2 heterocycles. The van der Waals surface area contributed by atoms with Crippen LogP contribution in [0.5, 0.6) is 11.5 Å². The number of nitrogens with zero attached hydrogens (tertiary/aromatic N) is 3. The first-order valence-electron chi connectivity index (χ1n) is 10.2. The number of nitriles is 1. The summed E-state index contributed by atoms with van der Waals surface area (Å²) in [5, 5.41) is 17.9. The molecule has 0 bridgehead atoms. The minimum Gasteiger partial charge on any atom is -0.495 e. The van der Waals surface area contributed by atoms with E-state index in [9.17, 15) is 4.79 Å². The van der Waals surface area contributed by atoms with Crippen LogP contribution in [0.15, 0.2) is 47.3 Å². The van der Waals surface area contributed by atoms with Crippen molar-refractivity contribution in [2.45, 2.75) is 20.1 Å². The van der Waals surface area contributed by atoms with Crippen LogP contribution in [0.2, 0.25) is 5.02 Å². The molecule has 0 aliphatic heterocycles. The summed E-state index contributed by atoms with van der Waals surface area (Å²) in [6.45, 7) is 2.52. The summed E-state index contributed by atoms with van der Waals surface area (Å²) in [6, 6.07) is 14.4. The van der Waals surface area contributed by atoms with Gasteiger partial charge in [0, 0.05) is 48.1 Å². The third kappa shape index (κ3) is 4.78. The summed E-state index contributed by atoms with van der Waals surface area (Å²) in [5.41, 5.74) is 3.95. The Labute approximate surface area is 195 Å². The first-order chi connectivity index (χ1) is 15.9. The van der Waals surface area contributed by atoms with Gasteiger partial charge in [0.2, 0.25) is 0 Å². The molecule has 0 unspecified atom stereocenters. The minimum atomic E-state index is -0.218. The molecule has 168 valence electrons. The normalized spacial score (nSPS) is 10.8. The zero-order valence-electron chi connectivity index (χ0n) is 18.4. The van der Waals surface area contributed by atoms with Crippen LogP contribution in [-0.4, -0.2) is 21.9 Å². The Hall–Kier alpha value is -3.96. The van der Waals surface area contributed by atoms with Crippen molar-refractivity contribution in [3.05, 3.63) is 80.4 Å². The van der Waals surface area contributed by atoms with E-state index < -0.39 is 0 Å². The molecule has 0 fully saturated rings. The van der Waals surface area contributed by atoms with Gasteiger partial charge < -0.3 is 19.8 Å². The molecule has 8 nitrogen and oxygen atoms in total. The number of benzene rings is 2. The first-order valence-corrected chi connectivity index (χ1v) is 10.6. The van der Waals surface area contributed by atoms with Crippen molar-refractivity contribution in [3.8, 4) is 17.6 Å². The number of aryl methyl sites for hydroxylation is 2. The Kier molecular flexibility index (Phi) is 6.24. The molecule has 2 aromatic carbocycles. The Bertz CT molecular complexity index is 1420. The molecule has 4 rings (SSSR count). The molecule has 0 saturated heterocycles. The number of ether oxygens (including phenoxy) is 2. The van der Waals surface area contributed by atoms with Crippen molar-refractivity contribution in [2.24, 2.45) is 7.05 Å². The number of rotatable bonds is 7. The largest absolute Gasteiger partial charge is 0.495 e. The van der Waals surface area contributed by atoms with E-state index in [2.05, 4.69) is 21.5 Å². The zero-order valence-corrected chi connectivity index (χ0v) is 19.2. The maximum atomic E-state index is 12.6. The average molecular weight is 464 g/mol. The van der Waals surface area contributed by atoms with Crippen LogP contribution >= 0.6 is 11.6 Å². The predicted molar refractivity (Wildman–Crippen MR) is 127 cm³/mol. The Balaban J connectivity index is 1.53. The number of halogens is 1. The molecule has 0 atom stereocenters. The van der Waals surface area contributed by atoms with Crippen molar-refractivity contribution in [1.82, 2.24) is 14.8 Å². The quantitative estimate of drug-likeness (QED) is 0.423. The van der Waals surface area contributed by atoms with Crippen molar-refractivity contribution in [3.63, 3.8) is 0 Å². The van der Waals surface area contributed by atoms with Gasteiger partial charge in [0.1, 0.15) is 29.9 Å². The maximum Gasteiger partial charge on any atom is 0.253 e. The lowest BCUT2D eigenvalue weighted by molar-refractivity contribution is 0.300. The van der Waals surface area contributed by atoms with E-state index >= 15 is 0 Å². The van der Waals surface area contributed by atoms with Crippen LogP contribution < -0.4 is 20.3 Å². The monoisotopic (exact) mass is 463 g/mol. The third-order valence-electron chi connectivity index (χ3n) is 5.32. The third-order valence-corrected chi connectivity index (χ3v) is 5.61. The van der Waals surface area contributed by atoms with Crippen LogP contribution in [0.25, 0.3) is 10.9 Å². The summed E-state index contributed by atoms with van der Waals surface area (Å²) >= 11 is 6.43. The number of H-pyrrole nitrogens is 1. The van der Waals surface area contributed by atoms with E-state index in [1.165, 1.54) is 7.11 Å². The fourth-order valence-electron chi connectivity index (χ4n) is 3.44. The van der Waals surface area contributed by atoms with E-state index in [0.717, 1.165) is 22.5 Å². The van der Waals surface area contributed by atoms with Crippen LogP contribution in [0.3, 0.4) is 0 Å². The molecular formula is C24H22ClN5O3. The molecule has 9 heteroatoms. The number of pyridine rings is 1. The van der Waals surface area contributed by atoms with Gasteiger partial charge in [-0.3, -0.25) is 9.48 Å². The highest BCUT2D eigenvalue weighted by molar-refractivity contribution is 6.32. The number of hydrogen-bond donors (Lipinski definition) is 2. The Morgan fingerprint density at radius 1 is 1.21 bits per heavy atom. The van der Waals surface area contributed by atoms with Gasteiger partial charge in [-0.15, -0.1) is 0 Å². The lowest BCUT2D eigenvalue weighted by Gasteiger charge is -2.11. The van der Waals surface area contributed by atoms with E-state index in [1.807, 2.05) is 20.0 Å². The average Bonchev–Trinajstić information content (AvgIpc) is 3.13. The second-order valence-corrected chi connectivity index (χ2v) is 7.97. The van der Waals surface area contributed by atoms with Gasteiger partial charge in [-0.2, -0.15) is 10.4 Å². The molecule has 0 aliphatic rings. The van der Waals surface area contributed by atoms with Crippen molar-refractivity contribution < 1.29 is 9.47 Å². The van der Waals surface area contributed by atoms with Crippen molar-refractivity contribution >= 4 is 28.2 Å². The van der Waals surface area contributed by atoms with Gasteiger partial charge in [-0.25, -0.2) is 0 Å². The van der Waals surface area contributed by atoms with E-state index in [1.54, 1.807) is 41.1 Å². The number of aromatic amines is 1. The summed E-state index contributed by atoms with van der Waals surface area (Å²) < 4.78 is 12.8. The Morgan fingerprint density at radius 2 is 2.03 bits per heavy atom. The molecule has 2 N–H and O–H groups in total. The number of hydrogen-bond acceptors (Lipinski definition) is 6. The van der Waals surface area contributed by atoms with E-state index in [0.29, 0.717) is 33.2 Å². The maximum absolute atomic E-state index is 12.6. The highest BCUT2D eigenvalue weighted by atomic mass is 35.5. The second kappa shape index (κ2) is 9.27. The first kappa shape index (κ1) is 22.2. The summed E-state index contributed by atoms with van der Waals surface area (Å²) in [6.07, 6.45) is 0. The standard InChI is InChI=1S/C24H22ClN5O3/c1-14-6-19(29-30(14)2)13-33-23-10-21-16(8-20(23)25)7-17(24(31)28-21)12-27-18-5-4-15(11-26)22(9-18)32-3/h4-10,27H,12-13H2,1-3H3,(H,28,31). The van der Waals surface area contributed by atoms with Gasteiger partial charge >= 0.3 is 0 Å². The van der Waals surface area contributed by atoms with Gasteiger partial charge in [0.15, 0.2) is 0 Å². The number of methoxy groups -OCH3 is 1. The molecule has 4 aromatic rings. The fourth-order valence-corrected chi connectivity index (χ4v) is 3.67. The van der Waals surface area contributed by atoms with Crippen LogP contribution in [0.1, 0.15) is 22.5 Å². The molecule has 0 saturated carbocycles. The number of anilines is 1. The number of aromatic nitrogens is 3. The fraction of sp³-hybridized carbons (Fsp3) is 0.208. The highest BCUT2D eigenvalue weighted by Gasteiger charge is 2.11. The topological polar surface area (TPSA) is 105 Å². The van der Waals surface area contributed by atoms with E-state index in [4.69, 9.17) is 26.3 Å². The Morgan fingerprint density at radius 3 is 2.73 bits per heavy atom. The van der Waals surface area contributed by atoms with Gasteiger partial charge in [-0.1, -0.05) is 11.6 Å². The molecule has 0 radical (unpaired) electrons. The molecule has 0 aliphatic carbocycles. The van der Waals surface area contributed by atoms with Crippen LogP contribution in [0, 0.1) is 18.3 Å². The lowest BCUT2D eigenvalue weighted by atomic mass is 10.1. The number of fused-ring (bicyclic) bond motifs is 1. The van der Waals surface area contributed by atoms with Gasteiger partial charge in [-0.05, 0) is 37.3 Å². The molecule has 0 spiro atoms. The smallest absolute Gasteiger partial charge is 0.253 e.